The summed E-state index contributed by atoms with van der Waals surface area (Å²) in [6, 6.07) is 8.13. The third-order valence-electron chi connectivity index (χ3n) is 3.17. The molecule has 2 rings (SSSR count). The van der Waals surface area contributed by atoms with Crippen molar-refractivity contribution in [2.45, 2.75) is 25.3 Å². The zero-order valence-corrected chi connectivity index (χ0v) is 12.4. The van der Waals surface area contributed by atoms with Crippen molar-refractivity contribution in [3.05, 3.63) is 33.4 Å². The van der Waals surface area contributed by atoms with Gasteiger partial charge in [-0.15, -0.1) is 11.6 Å². The summed E-state index contributed by atoms with van der Waals surface area (Å²) < 4.78 is 1.09. The molecule has 4 heteroatoms. The van der Waals surface area contributed by atoms with E-state index in [1.165, 1.54) is 6.42 Å². The Balaban J connectivity index is 2.15. The number of nitrogens with zero attached hydrogens (tertiary/aromatic N) is 1. The molecule has 17 heavy (non-hydrogen) atoms. The van der Waals surface area contributed by atoms with Crippen molar-refractivity contribution in [2.75, 3.05) is 12.4 Å². The van der Waals surface area contributed by atoms with Crippen molar-refractivity contribution in [1.82, 2.24) is 4.90 Å². The van der Waals surface area contributed by atoms with Crippen LogP contribution >= 0.6 is 34.2 Å². The summed E-state index contributed by atoms with van der Waals surface area (Å²) in [6.07, 6.45) is 3.46. The molecule has 0 heterocycles. The predicted octanol–water partition coefficient (Wildman–Crippen LogP) is 3.52. The van der Waals surface area contributed by atoms with Crippen molar-refractivity contribution < 1.29 is 4.79 Å². The van der Waals surface area contributed by atoms with E-state index in [-0.39, 0.29) is 5.91 Å². The molecule has 1 aromatic rings. The van der Waals surface area contributed by atoms with Crippen molar-refractivity contribution >= 4 is 40.1 Å². The minimum Gasteiger partial charge on any atom is -0.334 e. The van der Waals surface area contributed by atoms with Crippen LogP contribution in [0.3, 0.4) is 0 Å². The topological polar surface area (TPSA) is 20.3 Å². The summed E-state index contributed by atoms with van der Waals surface area (Å²) >= 11 is 8.02. The van der Waals surface area contributed by atoms with Gasteiger partial charge in [0.15, 0.2) is 0 Å². The lowest BCUT2D eigenvalue weighted by molar-refractivity contribution is 0.0598. The standard InChI is InChI=1S/C13H15ClINO/c14-7-8-16(12-5-2-6-12)13(17)10-3-1-4-11(15)9-10/h1,3-4,9,12H,2,5-8H2. The molecule has 1 aliphatic rings. The highest BCUT2D eigenvalue weighted by Gasteiger charge is 2.28. The SMILES string of the molecule is O=C(c1cccc(I)c1)N(CCCl)C1CCC1. The van der Waals surface area contributed by atoms with E-state index in [1.807, 2.05) is 29.2 Å². The smallest absolute Gasteiger partial charge is 0.254 e. The Labute approximate surface area is 120 Å². The number of hydrogen-bond donors (Lipinski definition) is 0. The molecule has 0 saturated heterocycles. The van der Waals surface area contributed by atoms with Gasteiger partial charge in [-0.2, -0.15) is 0 Å². The van der Waals surface area contributed by atoms with Crippen LogP contribution in [0.5, 0.6) is 0 Å². The molecule has 1 saturated carbocycles. The Morgan fingerprint density at radius 1 is 1.47 bits per heavy atom. The zero-order chi connectivity index (χ0) is 12.3. The van der Waals surface area contributed by atoms with Gasteiger partial charge in [0.05, 0.1) is 0 Å². The van der Waals surface area contributed by atoms with Crippen LogP contribution in [-0.4, -0.2) is 29.3 Å². The number of amides is 1. The fourth-order valence-corrected chi connectivity index (χ4v) is 2.75. The minimum atomic E-state index is 0.119. The number of alkyl halides is 1. The summed E-state index contributed by atoms with van der Waals surface area (Å²) in [5.41, 5.74) is 0.772. The Morgan fingerprint density at radius 2 is 2.24 bits per heavy atom. The first-order valence-corrected chi connectivity index (χ1v) is 7.46. The Morgan fingerprint density at radius 3 is 2.76 bits per heavy atom. The summed E-state index contributed by atoms with van der Waals surface area (Å²) in [6.45, 7) is 0.649. The molecule has 0 unspecified atom stereocenters. The Kier molecular flexibility index (Phi) is 4.68. The molecule has 0 atom stereocenters. The predicted molar refractivity (Wildman–Crippen MR) is 78.6 cm³/mol. The van der Waals surface area contributed by atoms with Crippen LogP contribution in [0, 0.1) is 3.57 Å². The molecule has 2 nitrogen and oxygen atoms in total. The van der Waals surface area contributed by atoms with Crippen molar-refractivity contribution in [1.29, 1.82) is 0 Å². The van der Waals surface area contributed by atoms with Crippen molar-refractivity contribution in [3.8, 4) is 0 Å². The number of benzene rings is 1. The van der Waals surface area contributed by atoms with Crippen LogP contribution in [0.15, 0.2) is 24.3 Å². The number of carbonyl (C=O) groups excluding carboxylic acids is 1. The van der Waals surface area contributed by atoms with Gasteiger partial charge in [-0.3, -0.25) is 4.79 Å². The number of halogens is 2. The maximum atomic E-state index is 12.4. The normalized spacial score (nSPS) is 15.4. The van der Waals surface area contributed by atoms with Gasteiger partial charge >= 0.3 is 0 Å². The molecule has 0 aliphatic heterocycles. The highest BCUT2D eigenvalue weighted by Crippen LogP contribution is 2.26. The van der Waals surface area contributed by atoms with Crippen LogP contribution in [0.4, 0.5) is 0 Å². The number of carbonyl (C=O) groups is 1. The van der Waals surface area contributed by atoms with Crippen molar-refractivity contribution in [2.24, 2.45) is 0 Å². The van der Waals surface area contributed by atoms with Gasteiger partial charge in [-0.05, 0) is 60.1 Å². The monoisotopic (exact) mass is 363 g/mol. The molecule has 1 aliphatic carbocycles. The molecule has 0 N–H and O–H groups in total. The van der Waals surface area contributed by atoms with Gasteiger partial charge < -0.3 is 4.90 Å². The largest absolute Gasteiger partial charge is 0.334 e. The summed E-state index contributed by atoms with van der Waals surface area (Å²) in [5, 5.41) is 0. The molecule has 0 spiro atoms. The Hall–Kier alpha value is -0.290. The first-order chi connectivity index (χ1) is 8.22. The zero-order valence-electron chi connectivity index (χ0n) is 9.53. The quantitative estimate of drug-likeness (QED) is 0.592. The first-order valence-electron chi connectivity index (χ1n) is 5.85. The molecular formula is C13H15ClINO. The minimum absolute atomic E-state index is 0.119. The van der Waals surface area contributed by atoms with Crippen LogP contribution in [0.25, 0.3) is 0 Å². The van der Waals surface area contributed by atoms with Crippen LogP contribution in [0.1, 0.15) is 29.6 Å². The second-order valence-corrected chi connectivity index (χ2v) is 5.91. The molecular weight excluding hydrogens is 349 g/mol. The second kappa shape index (κ2) is 6.05. The van der Waals surface area contributed by atoms with Crippen LogP contribution in [-0.2, 0) is 0 Å². The van der Waals surface area contributed by atoms with E-state index in [2.05, 4.69) is 22.6 Å². The van der Waals surface area contributed by atoms with E-state index in [4.69, 9.17) is 11.6 Å². The summed E-state index contributed by atoms with van der Waals surface area (Å²) in [5.74, 6) is 0.625. The lowest BCUT2D eigenvalue weighted by Gasteiger charge is -2.37. The molecule has 1 fully saturated rings. The maximum Gasteiger partial charge on any atom is 0.254 e. The van der Waals surface area contributed by atoms with E-state index in [0.717, 1.165) is 22.0 Å². The third kappa shape index (κ3) is 3.13. The molecule has 1 amide bonds. The summed E-state index contributed by atoms with van der Waals surface area (Å²) in [7, 11) is 0. The van der Waals surface area contributed by atoms with E-state index >= 15 is 0 Å². The first kappa shape index (κ1) is 13.1. The van der Waals surface area contributed by atoms with E-state index in [0.29, 0.717) is 18.5 Å². The second-order valence-electron chi connectivity index (χ2n) is 4.28. The van der Waals surface area contributed by atoms with Gasteiger partial charge in [0, 0.05) is 27.6 Å². The molecule has 1 aromatic carbocycles. The molecule has 0 bridgehead atoms. The van der Waals surface area contributed by atoms with Crippen LogP contribution < -0.4 is 0 Å². The van der Waals surface area contributed by atoms with Crippen LogP contribution in [0.2, 0.25) is 0 Å². The Bertz CT molecular complexity index is 406. The lowest BCUT2D eigenvalue weighted by Crippen LogP contribution is -2.45. The highest BCUT2D eigenvalue weighted by atomic mass is 127. The lowest BCUT2D eigenvalue weighted by atomic mass is 9.91. The van der Waals surface area contributed by atoms with E-state index in [9.17, 15) is 4.79 Å². The third-order valence-corrected chi connectivity index (χ3v) is 4.01. The average molecular weight is 364 g/mol. The van der Waals surface area contributed by atoms with Crippen molar-refractivity contribution in [3.63, 3.8) is 0 Å². The van der Waals surface area contributed by atoms with Gasteiger partial charge in [-0.1, -0.05) is 6.07 Å². The number of rotatable bonds is 4. The fraction of sp³-hybridized carbons (Fsp3) is 0.462. The van der Waals surface area contributed by atoms with Gasteiger partial charge in [0.25, 0.3) is 5.91 Å². The summed E-state index contributed by atoms with van der Waals surface area (Å²) in [4.78, 5) is 14.3. The van der Waals surface area contributed by atoms with E-state index in [1.54, 1.807) is 0 Å². The van der Waals surface area contributed by atoms with Gasteiger partial charge in [0.1, 0.15) is 0 Å². The van der Waals surface area contributed by atoms with E-state index < -0.39 is 0 Å². The fourth-order valence-electron chi connectivity index (χ4n) is 2.03. The van der Waals surface area contributed by atoms with Gasteiger partial charge in [-0.25, -0.2) is 0 Å². The highest BCUT2D eigenvalue weighted by molar-refractivity contribution is 14.1. The molecule has 0 aromatic heterocycles. The average Bonchev–Trinajstić information content (AvgIpc) is 2.25. The number of hydrogen-bond acceptors (Lipinski definition) is 1. The van der Waals surface area contributed by atoms with Gasteiger partial charge in [0.2, 0.25) is 0 Å². The molecule has 92 valence electrons. The molecule has 0 radical (unpaired) electrons. The maximum absolute atomic E-state index is 12.4.